The summed E-state index contributed by atoms with van der Waals surface area (Å²) in [6.45, 7) is 3.14. The van der Waals surface area contributed by atoms with Crippen LogP contribution < -0.4 is 4.74 Å². The van der Waals surface area contributed by atoms with Gasteiger partial charge in [-0.25, -0.2) is 0 Å². The molecule has 1 aliphatic heterocycles. The van der Waals surface area contributed by atoms with Gasteiger partial charge < -0.3 is 19.3 Å². The van der Waals surface area contributed by atoms with Crippen LogP contribution in [0, 0.1) is 0 Å². The van der Waals surface area contributed by atoms with E-state index >= 15 is 0 Å². The molecule has 1 aromatic carbocycles. The number of β-amino-alcohol motifs (C(OH)–C–C–N with tert-alkyl or cyclic N) is 1. The Kier molecular flexibility index (Phi) is 5.01. The molecule has 25 heavy (non-hydrogen) atoms. The van der Waals surface area contributed by atoms with Crippen LogP contribution in [0.2, 0.25) is 0 Å². The molecule has 4 rings (SSSR count). The van der Waals surface area contributed by atoms with Crippen molar-refractivity contribution in [1.82, 2.24) is 10.1 Å². The summed E-state index contributed by atoms with van der Waals surface area (Å²) >= 11 is 1.62. The van der Waals surface area contributed by atoms with E-state index in [1.807, 2.05) is 35.7 Å². The molecule has 1 aliphatic rings. The number of aliphatic hydroxyl groups is 1. The predicted molar refractivity (Wildman–Crippen MR) is 99.1 cm³/mol. The number of fused-ring (bicyclic) bond motifs is 1. The van der Waals surface area contributed by atoms with Gasteiger partial charge in [0.2, 0.25) is 0 Å². The molecule has 1 N–H and O–H groups in total. The molecular weight excluding hydrogens is 336 g/mol. The molecule has 1 unspecified atom stereocenters. The van der Waals surface area contributed by atoms with E-state index in [2.05, 4.69) is 10.1 Å². The third-order valence-electron chi connectivity index (χ3n) is 4.55. The fourth-order valence-electron chi connectivity index (χ4n) is 3.28. The topological polar surface area (TPSA) is 58.7 Å². The second-order valence-electron chi connectivity index (χ2n) is 6.50. The Bertz CT molecular complexity index is 823. The van der Waals surface area contributed by atoms with Crippen LogP contribution in [0.3, 0.4) is 0 Å². The van der Waals surface area contributed by atoms with Gasteiger partial charge in [-0.1, -0.05) is 23.7 Å². The highest BCUT2D eigenvalue weighted by molar-refractivity contribution is 7.17. The number of aliphatic hydroxyl groups excluding tert-OH is 1. The quantitative estimate of drug-likeness (QED) is 0.727. The molecule has 1 saturated heterocycles. The molecule has 3 heterocycles. The molecule has 6 heteroatoms. The highest BCUT2D eigenvalue weighted by atomic mass is 32.1. The number of thiophene rings is 1. The summed E-state index contributed by atoms with van der Waals surface area (Å²) < 4.78 is 12.2. The number of aromatic nitrogens is 1. The number of hydrogen-bond acceptors (Lipinski definition) is 6. The van der Waals surface area contributed by atoms with Crippen molar-refractivity contribution in [3.05, 3.63) is 35.7 Å². The van der Waals surface area contributed by atoms with Gasteiger partial charge in [0.1, 0.15) is 28.9 Å². The van der Waals surface area contributed by atoms with Crippen LogP contribution in [0.5, 0.6) is 5.75 Å². The van der Waals surface area contributed by atoms with E-state index in [0.717, 1.165) is 40.4 Å². The molecule has 1 fully saturated rings. The summed E-state index contributed by atoms with van der Waals surface area (Å²) in [5.41, 5.74) is 2.61. The lowest BCUT2D eigenvalue weighted by Gasteiger charge is -2.28. The van der Waals surface area contributed by atoms with Crippen LogP contribution in [0.1, 0.15) is 19.3 Å². The van der Waals surface area contributed by atoms with Crippen molar-refractivity contribution in [3.8, 4) is 17.0 Å². The molecule has 0 amide bonds. The lowest BCUT2D eigenvalue weighted by molar-refractivity contribution is 0.0617. The van der Waals surface area contributed by atoms with Gasteiger partial charge in [-0.05, 0) is 49.5 Å². The standard InChI is InChI=1S/C19H22N2O3S/c22-15(12-21-8-2-1-3-9-21)13-23-16-6-4-5-14(11-16)18-19-17(24-20-18)7-10-25-19/h4-7,10-11,15,22H,1-3,8-9,12-13H2. The van der Waals surface area contributed by atoms with E-state index in [4.69, 9.17) is 9.26 Å². The van der Waals surface area contributed by atoms with E-state index in [1.54, 1.807) is 11.3 Å². The summed E-state index contributed by atoms with van der Waals surface area (Å²) in [6.07, 6.45) is 3.28. The van der Waals surface area contributed by atoms with E-state index < -0.39 is 6.10 Å². The maximum Gasteiger partial charge on any atom is 0.178 e. The predicted octanol–water partition coefficient (Wildman–Crippen LogP) is 3.78. The second kappa shape index (κ2) is 7.56. The SMILES string of the molecule is OC(COc1cccc(-c2noc3ccsc23)c1)CN1CCCCC1. The highest BCUT2D eigenvalue weighted by Gasteiger charge is 2.16. The fourth-order valence-corrected chi connectivity index (χ4v) is 4.10. The van der Waals surface area contributed by atoms with Crippen LogP contribution in [-0.4, -0.2) is 47.5 Å². The minimum Gasteiger partial charge on any atom is -0.491 e. The first kappa shape index (κ1) is 16.6. The zero-order valence-electron chi connectivity index (χ0n) is 14.1. The first-order chi connectivity index (χ1) is 12.3. The van der Waals surface area contributed by atoms with E-state index in [9.17, 15) is 5.11 Å². The fraction of sp³-hybridized carbons (Fsp3) is 0.421. The largest absolute Gasteiger partial charge is 0.491 e. The van der Waals surface area contributed by atoms with Crippen LogP contribution in [0.25, 0.3) is 21.5 Å². The summed E-state index contributed by atoms with van der Waals surface area (Å²) in [6, 6.07) is 9.71. The Hall–Kier alpha value is -1.89. The number of hydrogen-bond donors (Lipinski definition) is 1. The van der Waals surface area contributed by atoms with Crippen molar-refractivity contribution in [2.45, 2.75) is 25.4 Å². The van der Waals surface area contributed by atoms with Gasteiger partial charge >= 0.3 is 0 Å². The Morgan fingerprint density at radius 3 is 3.00 bits per heavy atom. The molecule has 132 valence electrons. The maximum absolute atomic E-state index is 10.2. The molecule has 0 bridgehead atoms. The van der Waals surface area contributed by atoms with Crippen molar-refractivity contribution in [3.63, 3.8) is 0 Å². The van der Waals surface area contributed by atoms with Crippen molar-refractivity contribution < 1.29 is 14.4 Å². The summed E-state index contributed by atoms with van der Waals surface area (Å²) in [5.74, 6) is 0.739. The van der Waals surface area contributed by atoms with E-state index in [-0.39, 0.29) is 0 Å². The van der Waals surface area contributed by atoms with Gasteiger partial charge in [0, 0.05) is 12.1 Å². The summed E-state index contributed by atoms with van der Waals surface area (Å²) in [5, 5.41) is 16.4. The van der Waals surface area contributed by atoms with Crippen molar-refractivity contribution in [2.75, 3.05) is 26.2 Å². The summed E-state index contributed by atoms with van der Waals surface area (Å²) in [7, 11) is 0. The van der Waals surface area contributed by atoms with Crippen molar-refractivity contribution in [2.24, 2.45) is 0 Å². The molecule has 3 aromatic rings. The number of nitrogens with zero attached hydrogens (tertiary/aromatic N) is 2. The van der Waals surface area contributed by atoms with Crippen LogP contribution in [-0.2, 0) is 0 Å². The smallest absolute Gasteiger partial charge is 0.178 e. The first-order valence-corrected chi connectivity index (χ1v) is 9.64. The van der Waals surface area contributed by atoms with E-state index in [1.165, 1.54) is 19.3 Å². The minimum absolute atomic E-state index is 0.299. The average molecular weight is 358 g/mol. The number of benzene rings is 1. The molecular formula is C19H22N2O3S. The molecule has 5 nitrogen and oxygen atoms in total. The molecule has 0 radical (unpaired) electrons. The Labute approximate surface area is 150 Å². The van der Waals surface area contributed by atoms with Crippen LogP contribution in [0.15, 0.2) is 40.2 Å². The number of ether oxygens (including phenoxy) is 1. The molecule has 2 aromatic heterocycles. The van der Waals surface area contributed by atoms with Crippen LogP contribution >= 0.6 is 11.3 Å². The Morgan fingerprint density at radius 1 is 1.24 bits per heavy atom. The van der Waals surface area contributed by atoms with E-state index in [0.29, 0.717) is 13.2 Å². The molecule has 1 atom stereocenters. The van der Waals surface area contributed by atoms with Crippen molar-refractivity contribution in [1.29, 1.82) is 0 Å². The number of piperidine rings is 1. The van der Waals surface area contributed by atoms with Gasteiger partial charge in [0.15, 0.2) is 5.58 Å². The first-order valence-electron chi connectivity index (χ1n) is 8.76. The van der Waals surface area contributed by atoms with Crippen molar-refractivity contribution >= 4 is 21.6 Å². The van der Waals surface area contributed by atoms with Crippen LogP contribution in [0.4, 0.5) is 0 Å². The third kappa shape index (κ3) is 3.86. The number of likely N-dealkylation sites (tertiary alicyclic amines) is 1. The van der Waals surface area contributed by atoms with Gasteiger partial charge in [0.05, 0.1) is 0 Å². The second-order valence-corrected chi connectivity index (χ2v) is 7.42. The normalized spacial score (nSPS) is 17.0. The zero-order chi connectivity index (χ0) is 17.1. The monoisotopic (exact) mass is 358 g/mol. The maximum atomic E-state index is 10.2. The van der Waals surface area contributed by atoms with Gasteiger partial charge in [0.25, 0.3) is 0 Å². The van der Waals surface area contributed by atoms with Gasteiger partial charge in [-0.3, -0.25) is 0 Å². The lowest BCUT2D eigenvalue weighted by Crippen LogP contribution is -2.38. The average Bonchev–Trinajstić information content (AvgIpc) is 3.25. The Morgan fingerprint density at radius 2 is 2.12 bits per heavy atom. The minimum atomic E-state index is -0.474. The number of rotatable bonds is 6. The third-order valence-corrected chi connectivity index (χ3v) is 5.45. The Balaban J connectivity index is 1.39. The highest BCUT2D eigenvalue weighted by Crippen LogP contribution is 2.33. The summed E-state index contributed by atoms with van der Waals surface area (Å²) in [4.78, 5) is 2.32. The molecule has 0 saturated carbocycles. The zero-order valence-corrected chi connectivity index (χ0v) is 14.9. The lowest BCUT2D eigenvalue weighted by atomic mass is 10.1. The van der Waals surface area contributed by atoms with Gasteiger partial charge in [-0.15, -0.1) is 11.3 Å². The molecule has 0 aliphatic carbocycles. The molecule has 0 spiro atoms. The van der Waals surface area contributed by atoms with Gasteiger partial charge in [-0.2, -0.15) is 0 Å².